The number of amides is 2. The fourth-order valence-electron chi connectivity index (χ4n) is 4.99. The monoisotopic (exact) mass is 666 g/mol. The Bertz CT molecular complexity index is 2040. The number of hydrogen-bond acceptors (Lipinski definition) is 6. The summed E-state index contributed by atoms with van der Waals surface area (Å²) < 4.78 is 63.4. The van der Waals surface area contributed by atoms with E-state index in [0.717, 1.165) is 12.1 Å². The molecule has 0 radical (unpaired) electrons. The van der Waals surface area contributed by atoms with Crippen molar-refractivity contribution in [3.63, 3.8) is 0 Å². The van der Waals surface area contributed by atoms with Crippen LogP contribution in [0.4, 0.5) is 18.4 Å². The third-order valence-electron chi connectivity index (χ3n) is 6.78. The number of halogens is 3. The van der Waals surface area contributed by atoms with Crippen LogP contribution in [0, 0.1) is 11.6 Å². The highest BCUT2D eigenvalue weighted by atomic mass is 35.5. The number of benzene rings is 3. The Morgan fingerprint density at radius 2 is 1.63 bits per heavy atom. The first-order chi connectivity index (χ1) is 21.7. The Kier molecular flexibility index (Phi) is 9.13. The molecule has 2 aromatic heterocycles. The molecule has 3 aromatic carbocycles. The van der Waals surface area contributed by atoms with Gasteiger partial charge >= 0.3 is 12.1 Å². The zero-order valence-electron chi connectivity index (χ0n) is 24.9. The van der Waals surface area contributed by atoms with E-state index < -0.39 is 45.4 Å². The highest BCUT2D eigenvalue weighted by Crippen LogP contribution is 2.36. The van der Waals surface area contributed by atoms with E-state index in [0.29, 0.717) is 28.1 Å². The van der Waals surface area contributed by atoms with E-state index in [1.807, 2.05) is 4.72 Å². The van der Waals surface area contributed by atoms with Gasteiger partial charge in [-0.3, -0.25) is 9.55 Å². The van der Waals surface area contributed by atoms with Crippen molar-refractivity contribution in [3.05, 3.63) is 119 Å². The molecular formula is C33H29ClF2N4O5S. The van der Waals surface area contributed by atoms with Crippen molar-refractivity contribution in [2.45, 2.75) is 43.7 Å². The minimum Gasteiger partial charge on any atom is -0.443 e. The first-order valence-electron chi connectivity index (χ1n) is 14.0. The molecular weight excluding hydrogens is 638 g/mol. The second-order valence-electron chi connectivity index (χ2n) is 11.4. The number of carbonyl (C=O) groups is 2. The molecule has 2 N–H and O–H groups in total. The van der Waals surface area contributed by atoms with Gasteiger partial charge in [-0.25, -0.2) is 31.5 Å². The molecule has 0 aliphatic carbocycles. The van der Waals surface area contributed by atoms with E-state index in [2.05, 4.69) is 10.3 Å². The van der Waals surface area contributed by atoms with Crippen molar-refractivity contribution in [1.82, 2.24) is 19.6 Å². The second-order valence-corrected chi connectivity index (χ2v) is 13.4. The predicted octanol–water partition coefficient (Wildman–Crippen LogP) is 7.39. The number of sulfonamides is 1. The summed E-state index contributed by atoms with van der Waals surface area (Å²) in [6, 6.07) is 16.7. The number of hydrogen-bond donors (Lipinski definition) is 2. The number of nitrogens with zero attached hydrogens (tertiary/aromatic N) is 2. The zero-order chi connectivity index (χ0) is 33.2. The molecule has 1 atom stereocenters. The van der Waals surface area contributed by atoms with E-state index in [1.165, 1.54) is 35.0 Å². The van der Waals surface area contributed by atoms with Gasteiger partial charge in [0.25, 0.3) is 10.0 Å². The van der Waals surface area contributed by atoms with Crippen LogP contribution in [-0.4, -0.2) is 35.7 Å². The van der Waals surface area contributed by atoms with E-state index in [-0.39, 0.29) is 27.6 Å². The van der Waals surface area contributed by atoms with Gasteiger partial charge < -0.3 is 10.1 Å². The van der Waals surface area contributed by atoms with Crippen LogP contribution in [0.3, 0.4) is 0 Å². The van der Waals surface area contributed by atoms with Crippen LogP contribution in [-0.2, 0) is 21.2 Å². The number of fused-ring (bicyclic) bond motifs is 1. The Labute approximate surface area is 269 Å². The lowest BCUT2D eigenvalue weighted by atomic mass is 9.95. The van der Waals surface area contributed by atoms with Gasteiger partial charge in [0.1, 0.15) is 22.1 Å². The summed E-state index contributed by atoms with van der Waals surface area (Å²) in [5.74, 6) is -1.66. The normalized spacial score (nSPS) is 12.5. The van der Waals surface area contributed by atoms with E-state index >= 15 is 0 Å². The minimum absolute atomic E-state index is 0.0945. The van der Waals surface area contributed by atoms with Gasteiger partial charge in [0.05, 0.1) is 22.3 Å². The molecule has 0 bridgehead atoms. The fourth-order valence-corrected chi connectivity index (χ4v) is 6.42. The number of ether oxygens (including phenoxy) is 1. The SMILES string of the molecule is CC(C)(C)OC(=O)n1cc(-c2cccnc2C(Cc2cc(F)cc(F)c2)NC(=O)NS(=O)(=O)c2ccccc2Cl)c2ccccc21. The molecule has 2 amide bonds. The maximum atomic E-state index is 14.2. The summed E-state index contributed by atoms with van der Waals surface area (Å²) in [5, 5.41) is 3.17. The smallest absolute Gasteiger partial charge is 0.419 e. The lowest BCUT2D eigenvalue weighted by Crippen LogP contribution is -2.42. The van der Waals surface area contributed by atoms with E-state index in [1.54, 1.807) is 63.4 Å². The van der Waals surface area contributed by atoms with Crippen LogP contribution in [0.2, 0.25) is 5.02 Å². The molecule has 0 aliphatic rings. The van der Waals surface area contributed by atoms with Gasteiger partial charge in [0.2, 0.25) is 0 Å². The Morgan fingerprint density at radius 3 is 2.33 bits per heavy atom. The number of aromatic nitrogens is 2. The molecule has 9 nitrogen and oxygen atoms in total. The average molecular weight is 667 g/mol. The maximum Gasteiger partial charge on any atom is 0.419 e. The molecule has 2 heterocycles. The molecule has 5 aromatic rings. The Balaban J connectivity index is 1.59. The molecule has 5 rings (SSSR count). The highest BCUT2D eigenvalue weighted by Gasteiger charge is 2.27. The lowest BCUT2D eigenvalue weighted by Gasteiger charge is -2.22. The topological polar surface area (TPSA) is 119 Å². The summed E-state index contributed by atoms with van der Waals surface area (Å²) in [6.45, 7) is 5.25. The summed E-state index contributed by atoms with van der Waals surface area (Å²) in [7, 11) is -4.41. The van der Waals surface area contributed by atoms with Crippen LogP contribution in [0.25, 0.3) is 22.0 Å². The number of nitrogens with one attached hydrogen (secondary N) is 2. The summed E-state index contributed by atoms with van der Waals surface area (Å²) >= 11 is 6.06. The summed E-state index contributed by atoms with van der Waals surface area (Å²) in [6.07, 6.45) is 2.25. The number of pyridine rings is 1. The first kappa shape index (κ1) is 32.6. The van der Waals surface area contributed by atoms with Gasteiger partial charge in [-0.2, -0.15) is 0 Å². The maximum absolute atomic E-state index is 14.2. The zero-order valence-corrected chi connectivity index (χ0v) is 26.5. The van der Waals surface area contributed by atoms with Gasteiger partial charge in [-0.05, 0) is 69.2 Å². The number of carbonyl (C=O) groups excluding carboxylic acids is 2. The van der Waals surface area contributed by atoms with Crippen LogP contribution in [0.15, 0.2) is 96.2 Å². The number of rotatable bonds is 7. The lowest BCUT2D eigenvalue weighted by molar-refractivity contribution is 0.0544. The molecule has 0 saturated carbocycles. The quantitative estimate of drug-likeness (QED) is 0.187. The Morgan fingerprint density at radius 1 is 0.957 bits per heavy atom. The van der Waals surface area contributed by atoms with Crippen molar-refractivity contribution in [2.24, 2.45) is 0 Å². The van der Waals surface area contributed by atoms with Crippen LogP contribution in [0.5, 0.6) is 0 Å². The molecule has 0 spiro atoms. The van der Waals surface area contributed by atoms with Crippen molar-refractivity contribution < 1.29 is 31.5 Å². The molecule has 46 heavy (non-hydrogen) atoms. The Hall–Kier alpha value is -4.81. The molecule has 1 unspecified atom stereocenters. The van der Waals surface area contributed by atoms with Gasteiger partial charge in [0, 0.05) is 35.0 Å². The molecule has 238 valence electrons. The molecule has 0 fully saturated rings. The minimum atomic E-state index is -4.41. The third-order valence-corrected chi connectivity index (χ3v) is 8.61. The van der Waals surface area contributed by atoms with Gasteiger partial charge in [-0.15, -0.1) is 0 Å². The predicted molar refractivity (Wildman–Crippen MR) is 170 cm³/mol. The average Bonchev–Trinajstić information content (AvgIpc) is 3.35. The van der Waals surface area contributed by atoms with Crippen LogP contribution < -0.4 is 10.0 Å². The third kappa shape index (κ3) is 7.35. The van der Waals surface area contributed by atoms with Crippen molar-refractivity contribution in [3.8, 4) is 11.1 Å². The highest BCUT2D eigenvalue weighted by molar-refractivity contribution is 7.90. The van der Waals surface area contributed by atoms with Crippen molar-refractivity contribution >= 4 is 44.7 Å². The molecule has 13 heteroatoms. The fraction of sp³-hybridized carbons (Fsp3) is 0.182. The molecule has 0 saturated heterocycles. The number of para-hydroxylation sites is 1. The second kappa shape index (κ2) is 12.9. The van der Waals surface area contributed by atoms with Crippen LogP contribution >= 0.6 is 11.6 Å². The largest absolute Gasteiger partial charge is 0.443 e. The summed E-state index contributed by atoms with van der Waals surface area (Å²) in [5.41, 5.74) is 1.20. The van der Waals surface area contributed by atoms with Crippen LogP contribution in [0.1, 0.15) is 38.1 Å². The molecule has 0 aliphatic heterocycles. The van der Waals surface area contributed by atoms with Crippen molar-refractivity contribution in [1.29, 1.82) is 0 Å². The van der Waals surface area contributed by atoms with E-state index in [9.17, 15) is 26.8 Å². The first-order valence-corrected chi connectivity index (χ1v) is 15.9. The summed E-state index contributed by atoms with van der Waals surface area (Å²) in [4.78, 5) is 30.6. The standard InChI is InChI=1S/C33H29ClF2N4O5S/c1-33(2,3)45-32(42)40-19-25(23-9-4-6-12-28(23)40)24-10-8-14-37-30(24)27(17-20-15-21(35)18-22(36)16-20)38-31(41)39-46(43,44)29-13-7-5-11-26(29)34/h4-16,18-19,27H,17H2,1-3H3,(H2,38,39,41). The van der Waals surface area contributed by atoms with Gasteiger partial charge in [-0.1, -0.05) is 48.0 Å². The number of urea groups is 1. The van der Waals surface area contributed by atoms with Crippen molar-refractivity contribution in [2.75, 3.05) is 0 Å². The van der Waals surface area contributed by atoms with E-state index in [4.69, 9.17) is 16.3 Å². The van der Waals surface area contributed by atoms with Gasteiger partial charge in [0.15, 0.2) is 0 Å².